The van der Waals surface area contributed by atoms with E-state index in [1.807, 2.05) is 12.1 Å². The van der Waals surface area contributed by atoms with Crippen LogP contribution in [0.1, 0.15) is 34.8 Å². The van der Waals surface area contributed by atoms with Crippen molar-refractivity contribution in [2.75, 3.05) is 40.0 Å². The number of benzene rings is 2. The van der Waals surface area contributed by atoms with E-state index in [0.29, 0.717) is 18.5 Å². The fraction of sp³-hybridized carbons (Fsp3) is 0.462. The van der Waals surface area contributed by atoms with E-state index >= 15 is 4.39 Å². The molecule has 0 fully saturated rings. The van der Waals surface area contributed by atoms with Gasteiger partial charge in [-0.3, -0.25) is 14.8 Å². The number of likely N-dealkylation sites (N-methyl/N-ethyl adjacent to an activating group) is 1. The Labute approximate surface area is 229 Å². The van der Waals surface area contributed by atoms with Crippen molar-refractivity contribution in [3.8, 4) is 11.1 Å². The molecule has 2 aromatic carbocycles. The highest BCUT2D eigenvalue weighted by atomic mass is 32.2. The summed E-state index contributed by atoms with van der Waals surface area (Å²) < 4.78 is 76.5. The highest BCUT2D eigenvalue weighted by molar-refractivity contribution is 7.92. The summed E-state index contributed by atoms with van der Waals surface area (Å²) in [5.41, 5.74) is 2.10. The van der Waals surface area contributed by atoms with Gasteiger partial charge in [0, 0.05) is 49.6 Å². The summed E-state index contributed by atoms with van der Waals surface area (Å²) in [4.78, 5) is 30.6. The van der Waals surface area contributed by atoms with Crippen LogP contribution in [-0.2, 0) is 32.4 Å². The third-order valence-corrected chi connectivity index (χ3v) is 9.29. The topological polar surface area (TPSA) is 107 Å². The number of hydrogen-bond donors (Lipinski definition) is 1. The summed E-state index contributed by atoms with van der Waals surface area (Å²) in [5, 5.41) is 10.6. The molecule has 1 aliphatic rings. The average molecular weight is 590 g/mol. The van der Waals surface area contributed by atoms with Crippen LogP contribution < -0.4 is 0 Å². The summed E-state index contributed by atoms with van der Waals surface area (Å²) in [5.74, 6) is -3.79. The molecule has 9 nitrogen and oxygen atoms in total. The molecule has 2 aromatic rings. The smallest absolute Gasteiger partial charge is 0.334 e. The van der Waals surface area contributed by atoms with Gasteiger partial charge in [-0.2, -0.15) is 18.2 Å². The molecule has 40 heavy (non-hydrogen) atoms. The molecular formula is C26H31F4N3O6S. The van der Waals surface area contributed by atoms with E-state index in [1.54, 1.807) is 31.4 Å². The molecule has 0 saturated heterocycles. The Balaban J connectivity index is 1.76. The number of halogens is 4. The van der Waals surface area contributed by atoms with E-state index < -0.39 is 56.4 Å². The lowest BCUT2D eigenvalue weighted by Gasteiger charge is -2.32. The zero-order chi connectivity index (χ0) is 30.0. The van der Waals surface area contributed by atoms with Gasteiger partial charge < -0.3 is 9.74 Å². The predicted octanol–water partition coefficient (Wildman–Crippen LogP) is 3.46. The number of sulfone groups is 1. The lowest BCUT2D eigenvalue weighted by molar-refractivity contribution is -0.216. The number of alkyl halides is 3. The summed E-state index contributed by atoms with van der Waals surface area (Å²) >= 11 is 0. The van der Waals surface area contributed by atoms with Gasteiger partial charge in [-0.25, -0.2) is 17.9 Å². The highest BCUT2D eigenvalue weighted by Gasteiger charge is 2.47. The third kappa shape index (κ3) is 6.79. The molecule has 1 heterocycles. The van der Waals surface area contributed by atoms with E-state index in [1.165, 1.54) is 17.0 Å². The van der Waals surface area contributed by atoms with Gasteiger partial charge in [0.1, 0.15) is 5.82 Å². The van der Waals surface area contributed by atoms with Gasteiger partial charge in [0.25, 0.3) is 5.91 Å². The highest BCUT2D eigenvalue weighted by Crippen LogP contribution is 2.34. The summed E-state index contributed by atoms with van der Waals surface area (Å²) in [6.45, 7) is 0.103. The summed E-state index contributed by atoms with van der Waals surface area (Å²) in [6, 6.07) is 10.2. The van der Waals surface area contributed by atoms with Crippen LogP contribution in [0, 0.1) is 5.82 Å². The molecule has 14 heteroatoms. The van der Waals surface area contributed by atoms with Gasteiger partial charge in [0.15, 0.2) is 9.84 Å². The average Bonchev–Trinajstić information content (AvgIpc) is 3.21. The molecule has 2 amide bonds. The Morgan fingerprint density at radius 1 is 1.12 bits per heavy atom. The van der Waals surface area contributed by atoms with Crippen molar-refractivity contribution in [1.82, 2.24) is 15.0 Å². The Morgan fingerprint density at radius 3 is 2.27 bits per heavy atom. The van der Waals surface area contributed by atoms with Crippen molar-refractivity contribution < 1.29 is 45.6 Å². The van der Waals surface area contributed by atoms with Gasteiger partial charge >= 0.3 is 12.1 Å². The molecule has 0 radical (unpaired) electrons. The van der Waals surface area contributed by atoms with Crippen LogP contribution >= 0.6 is 0 Å². The number of hydroxylamine groups is 4. The maximum absolute atomic E-state index is 15.6. The van der Waals surface area contributed by atoms with Crippen molar-refractivity contribution >= 4 is 21.7 Å². The Morgan fingerprint density at radius 2 is 1.73 bits per heavy atom. The van der Waals surface area contributed by atoms with Crippen LogP contribution in [-0.4, -0.2) is 91.4 Å². The molecule has 0 aliphatic carbocycles. The molecule has 0 unspecified atom stereocenters. The van der Waals surface area contributed by atoms with Crippen molar-refractivity contribution in [3.05, 3.63) is 58.9 Å². The summed E-state index contributed by atoms with van der Waals surface area (Å²) in [7, 11) is -0.752. The minimum Gasteiger partial charge on any atom is -0.334 e. The lowest BCUT2D eigenvalue weighted by Crippen LogP contribution is -2.51. The van der Waals surface area contributed by atoms with E-state index in [4.69, 9.17) is 4.84 Å². The number of amides is 2. The van der Waals surface area contributed by atoms with Crippen LogP contribution in [0.15, 0.2) is 36.4 Å². The molecule has 1 atom stereocenters. The van der Waals surface area contributed by atoms with Crippen LogP contribution in [0.25, 0.3) is 11.1 Å². The number of hydrogen-bond acceptors (Lipinski definition) is 7. The fourth-order valence-electron chi connectivity index (χ4n) is 4.33. The maximum atomic E-state index is 15.6. The monoisotopic (exact) mass is 589 g/mol. The normalized spacial score (nSPS) is 15.3. The molecule has 3 rings (SSSR count). The second kappa shape index (κ2) is 11.8. The second-order valence-electron chi connectivity index (χ2n) is 9.99. The largest absolute Gasteiger partial charge is 0.473 e. The van der Waals surface area contributed by atoms with Crippen molar-refractivity contribution in [2.45, 2.75) is 37.2 Å². The molecule has 0 saturated carbocycles. The minimum atomic E-state index is -5.41. The maximum Gasteiger partial charge on any atom is 0.473 e. The number of fused-ring (bicyclic) bond motifs is 1. The van der Waals surface area contributed by atoms with Crippen molar-refractivity contribution in [2.24, 2.45) is 0 Å². The standard InChI is InChI=1S/C26H31F4N3O6S/c1-25(40(4,37)38,16-33(36)24(35)26(28,29)30)12-14-32-15-21-20(23(32)34)10-9-19(22(21)27)18-7-5-17(6-8-18)11-13-31(2)39-3/h5-10,36H,11-16H2,1-4H3/t25-/m1/s1. The first-order valence-electron chi connectivity index (χ1n) is 12.2. The van der Waals surface area contributed by atoms with Gasteiger partial charge in [0.2, 0.25) is 0 Å². The number of carbonyl (C=O) groups excluding carboxylic acids is 2. The lowest BCUT2D eigenvalue weighted by atomic mass is 9.98. The fourth-order valence-corrected chi connectivity index (χ4v) is 5.15. The van der Waals surface area contributed by atoms with Gasteiger partial charge in [-0.15, -0.1) is 0 Å². The Bertz CT molecular complexity index is 1370. The molecule has 1 aliphatic heterocycles. The molecule has 1 N–H and O–H groups in total. The Hall–Kier alpha value is -3.07. The minimum absolute atomic E-state index is 0.0950. The zero-order valence-electron chi connectivity index (χ0n) is 22.5. The molecule has 0 bridgehead atoms. The second-order valence-corrected chi connectivity index (χ2v) is 12.5. The molecule has 0 aromatic heterocycles. The predicted molar refractivity (Wildman–Crippen MR) is 137 cm³/mol. The Kier molecular flexibility index (Phi) is 9.29. The SMILES string of the molecule is CON(C)CCc1ccc(-c2ccc3c(c2F)CN(CC[C@](C)(CN(O)C(=O)C(F)(F)F)S(C)(=O)=O)C3=O)cc1. The van der Waals surface area contributed by atoms with E-state index in [0.717, 1.165) is 18.7 Å². The summed E-state index contributed by atoms with van der Waals surface area (Å²) in [6.07, 6.45) is -4.35. The van der Waals surface area contributed by atoms with Crippen molar-refractivity contribution in [3.63, 3.8) is 0 Å². The quantitative estimate of drug-likeness (QED) is 0.243. The van der Waals surface area contributed by atoms with Gasteiger partial charge in [0.05, 0.1) is 18.4 Å². The number of carbonyl (C=O) groups is 2. The third-order valence-electron chi connectivity index (χ3n) is 7.17. The first kappa shape index (κ1) is 31.5. The number of nitrogens with zero attached hydrogens (tertiary/aromatic N) is 3. The van der Waals surface area contributed by atoms with Crippen molar-refractivity contribution in [1.29, 1.82) is 0 Å². The van der Waals surface area contributed by atoms with Crippen LogP contribution in [0.5, 0.6) is 0 Å². The zero-order valence-corrected chi connectivity index (χ0v) is 23.3. The van der Waals surface area contributed by atoms with Gasteiger partial charge in [-0.05, 0) is 37.0 Å². The first-order valence-corrected chi connectivity index (χ1v) is 14.1. The molecule has 0 spiro atoms. The van der Waals surface area contributed by atoms with Crippen LogP contribution in [0.3, 0.4) is 0 Å². The van der Waals surface area contributed by atoms with Crippen LogP contribution in [0.4, 0.5) is 17.6 Å². The van der Waals surface area contributed by atoms with Crippen LogP contribution in [0.2, 0.25) is 0 Å². The van der Waals surface area contributed by atoms with E-state index in [2.05, 4.69) is 0 Å². The first-order chi connectivity index (χ1) is 18.5. The van der Waals surface area contributed by atoms with E-state index in [9.17, 15) is 36.4 Å². The number of rotatable bonds is 11. The van der Waals surface area contributed by atoms with E-state index in [-0.39, 0.29) is 29.8 Å². The molecular weight excluding hydrogens is 558 g/mol. The molecule has 220 valence electrons. The van der Waals surface area contributed by atoms with Gasteiger partial charge in [-0.1, -0.05) is 30.3 Å².